The number of nitrogens with zero attached hydrogens (tertiary/aromatic N) is 1. The van der Waals surface area contributed by atoms with Gasteiger partial charge in [-0.2, -0.15) is 13.2 Å². The van der Waals surface area contributed by atoms with E-state index < -0.39 is 17.6 Å². The lowest BCUT2D eigenvalue weighted by Crippen LogP contribution is -2.17. The van der Waals surface area contributed by atoms with Crippen molar-refractivity contribution in [3.05, 3.63) is 65.9 Å². The summed E-state index contributed by atoms with van der Waals surface area (Å²) in [7, 11) is 0. The number of fused-ring (bicyclic) bond motifs is 1. The maximum Gasteiger partial charge on any atom is 0.416 e. The summed E-state index contributed by atoms with van der Waals surface area (Å²) in [6.45, 7) is 0. The van der Waals surface area contributed by atoms with Crippen LogP contribution in [0.5, 0.6) is 0 Å². The molecule has 156 valence electrons. The molecule has 2 aromatic carbocycles. The first-order valence-electron chi connectivity index (χ1n) is 9.95. The van der Waals surface area contributed by atoms with Gasteiger partial charge in [0.1, 0.15) is 0 Å². The molecule has 1 heterocycles. The Bertz CT molecular complexity index is 1060. The molecule has 3 nitrogen and oxygen atoms in total. The Labute approximate surface area is 177 Å². The molecule has 0 spiro atoms. The topological polar surface area (TPSA) is 42.0 Å². The lowest BCUT2D eigenvalue weighted by molar-refractivity contribution is -0.137. The molecule has 1 aromatic heterocycles. The minimum Gasteiger partial charge on any atom is -0.320 e. The number of carbonyl (C=O) groups excluding carboxylic acids is 1. The van der Waals surface area contributed by atoms with Crippen LogP contribution < -0.4 is 5.32 Å². The highest BCUT2D eigenvalue weighted by Gasteiger charge is 2.32. The van der Waals surface area contributed by atoms with Crippen LogP contribution in [0.2, 0.25) is 0 Å². The van der Waals surface area contributed by atoms with Gasteiger partial charge in [-0.1, -0.05) is 37.5 Å². The molecule has 1 N–H and O–H groups in total. The van der Waals surface area contributed by atoms with Crippen molar-refractivity contribution >= 4 is 34.3 Å². The van der Waals surface area contributed by atoms with Crippen molar-refractivity contribution in [3.8, 4) is 0 Å². The average Bonchev–Trinajstić information content (AvgIpc) is 2.74. The summed E-state index contributed by atoms with van der Waals surface area (Å²) in [4.78, 5) is 18.0. The fourth-order valence-electron chi connectivity index (χ4n) is 3.74. The fraction of sp³-hybridized carbons (Fsp3) is 0.304. The molecule has 0 unspecified atom stereocenters. The third-order valence-electron chi connectivity index (χ3n) is 5.28. The van der Waals surface area contributed by atoms with Gasteiger partial charge in [-0.3, -0.25) is 9.78 Å². The van der Waals surface area contributed by atoms with E-state index in [1.807, 2.05) is 12.1 Å². The monoisotopic (exact) mass is 430 g/mol. The second kappa shape index (κ2) is 8.68. The first-order valence-corrected chi connectivity index (χ1v) is 10.8. The number of aromatic nitrogens is 1. The third kappa shape index (κ3) is 4.61. The van der Waals surface area contributed by atoms with Gasteiger partial charge in [-0.05, 0) is 43.2 Å². The lowest BCUT2D eigenvalue weighted by atomic mass is 10.0. The normalized spacial score (nSPS) is 15.3. The summed E-state index contributed by atoms with van der Waals surface area (Å²) in [5.41, 5.74) is 0.302. The van der Waals surface area contributed by atoms with Crippen molar-refractivity contribution in [2.24, 2.45) is 0 Å². The highest BCUT2D eigenvalue weighted by Crippen LogP contribution is 2.38. The van der Waals surface area contributed by atoms with E-state index in [1.54, 1.807) is 24.4 Å². The molecule has 0 saturated heterocycles. The molecule has 1 aliphatic carbocycles. The van der Waals surface area contributed by atoms with Crippen LogP contribution in [0.4, 0.5) is 18.9 Å². The van der Waals surface area contributed by atoms with E-state index in [2.05, 4.69) is 10.3 Å². The number of nitrogens with one attached hydrogen (secondary N) is 1. The number of rotatable bonds is 4. The summed E-state index contributed by atoms with van der Waals surface area (Å²) >= 11 is 1.51. The Morgan fingerprint density at radius 1 is 1.03 bits per heavy atom. The first kappa shape index (κ1) is 20.7. The van der Waals surface area contributed by atoms with Gasteiger partial charge in [0, 0.05) is 21.7 Å². The van der Waals surface area contributed by atoms with Crippen LogP contribution in [0.1, 0.15) is 48.0 Å². The standard InChI is InChI=1S/C23H21F3N2OS/c24-23(25,26)16-11-12-20(30-17-8-2-1-3-9-17)18(14-16)22(29)28-19-10-4-6-15-7-5-13-27-21(15)19/h4-7,10-14,17H,1-3,8-9H2,(H,28,29). The third-order valence-corrected chi connectivity index (χ3v) is 6.69. The van der Waals surface area contributed by atoms with Crippen molar-refractivity contribution in [1.82, 2.24) is 4.98 Å². The largest absolute Gasteiger partial charge is 0.416 e. The van der Waals surface area contributed by atoms with E-state index in [0.29, 0.717) is 21.3 Å². The summed E-state index contributed by atoms with van der Waals surface area (Å²) in [6, 6.07) is 12.5. The van der Waals surface area contributed by atoms with Gasteiger partial charge >= 0.3 is 6.18 Å². The number of carbonyl (C=O) groups is 1. The number of anilines is 1. The van der Waals surface area contributed by atoms with Gasteiger partial charge in [-0.15, -0.1) is 11.8 Å². The van der Waals surface area contributed by atoms with Crippen molar-refractivity contribution in [3.63, 3.8) is 0 Å². The lowest BCUT2D eigenvalue weighted by Gasteiger charge is -2.22. The van der Waals surface area contributed by atoms with Crippen LogP contribution in [0.15, 0.2) is 59.6 Å². The molecule has 3 aromatic rings. The van der Waals surface area contributed by atoms with E-state index in [-0.39, 0.29) is 5.56 Å². The molecule has 0 radical (unpaired) electrons. The molecule has 1 amide bonds. The number of benzene rings is 2. The number of para-hydroxylation sites is 1. The Balaban J connectivity index is 1.68. The SMILES string of the molecule is O=C(Nc1cccc2cccnc12)c1cc(C(F)(F)F)ccc1SC1CCCCC1. The maximum atomic E-state index is 13.3. The highest BCUT2D eigenvalue weighted by molar-refractivity contribution is 8.00. The van der Waals surface area contributed by atoms with E-state index in [9.17, 15) is 18.0 Å². The zero-order valence-corrected chi connectivity index (χ0v) is 17.0. The molecular formula is C23H21F3N2OS. The van der Waals surface area contributed by atoms with Crippen LogP contribution in [0.25, 0.3) is 10.9 Å². The van der Waals surface area contributed by atoms with Crippen molar-refractivity contribution in [2.75, 3.05) is 5.32 Å². The highest BCUT2D eigenvalue weighted by atomic mass is 32.2. The Kier molecular flexibility index (Phi) is 5.99. The number of hydrogen-bond acceptors (Lipinski definition) is 3. The van der Waals surface area contributed by atoms with Gasteiger partial charge in [0.05, 0.1) is 22.3 Å². The predicted octanol–water partition coefficient (Wildman–Crippen LogP) is 6.93. The molecular weight excluding hydrogens is 409 g/mol. The summed E-state index contributed by atoms with van der Waals surface area (Å²) in [5, 5.41) is 3.94. The first-order chi connectivity index (χ1) is 14.4. The fourth-order valence-corrected chi connectivity index (χ4v) is 5.10. The van der Waals surface area contributed by atoms with Crippen LogP contribution in [0.3, 0.4) is 0 Å². The smallest absolute Gasteiger partial charge is 0.320 e. The number of halogens is 3. The Hall–Kier alpha value is -2.54. The molecule has 1 aliphatic rings. The van der Waals surface area contributed by atoms with E-state index in [0.717, 1.165) is 43.2 Å². The molecule has 0 atom stereocenters. The number of amides is 1. The summed E-state index contributed by atoms with van der Waals surface area (Å²) in [5.74, 6) is -0.558. The van der Waals surface area contributed by atoms with Crippen molar-refractivity contribution in [2.45, 2.75) is 48.4 Å². The van der Waals surface area contributed by atoms with Gasteiger partial charge in [0.2, 0.25) is 0 Å². The van der Waals surface area contributed by atoms with E-state index in [4.69, 9.17) is 0 Å². The van der Waals surface area contributed by atoms with Crippen molar-refractivity contribution in [1.29, 1.82) is 0 Å². The second-order valence-electron chi connectivity index (χ2n) is 7.42. The van der Waals surface area contributed by atoms with Gasteiger partial charge in [0.15, 0.2) is 0 Å². The van der Waals surface area contributed by atoms with E-state index in [1.165, 1.54) is 24.2 Å². The zero-order valence-electron chi connectivity index (χ0n) is 16.2. The summed E-state index contributed by atoms with van der Waals surface area (Å²) in [6.07, 6.45) is 2.55. The number of pyridine rings is 1. The molecule has 4 rings (SSSR count). The minimum absolute atomic E-state index is 0.0494. The molecule has 7 heteroatoms. The number of alkyl halides is 3. The quantitative estimate of drug-likeness (QED) is 0.488. The molecule has 30 heavy (non-hydrogen) atoms. The van der Waals surface area contributed by atoms with Crippen LogP contribution in [-0.2, 0) is 6.18 Å². The van der Waals surface area contributed by atoms with Crippen LogP contribution in [0, 0.1) is 0 Å². The number of hydrogen-bond donors (Lipinski definition) is 1. The van der Waals surface area contributed by atoms with Crippen LogP contribution >= 0.6 is 11.8 Å². The summed E-state index contributed by atoms with van der Waals surface area (Å²) < 4.78 is 39.9. The Morgan fingerprint density at radius 2 is 1.80 bits per heavy atom. The predicted molar refractivity (Wildman–Crippen MR) is 114 cm³/mol. The van der Waals surface area contributed by atoms with Gasteiger partial charge < -0.3 is 5.32 Å². The number of thioether (sulfide) groups is 1. The zero-order chi connectivity index (χ0) is 21.1. The maximum absolute atomic E-state index is 13.3. The average molecular weight is 430 g/mol. The van der Waals surface area contributed by atoms with Crippen LogP contribution in [-0.4, -0.2) is 16.1 Å². The van der Waals surface area contributed by atoms with E-state index >= 15 is 0 Å². The molecule has 0 bridgehead atoms. The molecule has 1 saturated carbocycles. The van der Waals surface area contributed by atoms with Crippen molar-refractivity contribution < 1.29 is 18.0 Å². The minimum atomic E-state index is -4.51. The van der Waals surface area contributed by atoms with Gasteiger partial charge in [0.25, 0.3) is 5.91 Å². The Morgan fingerprint density at radius 3 is 2.57 bits per heavy atom. The molecule has 1 fully saturated rings. The second-order valence-corrected chi connectivity index (χ2v) is 8.76. The van der Waals surface area contributed by atoms with Gasteiger partial charge in [-0.25, -0.2) is 0 Å². The molecule has 0 aliphatic heterocycles.